The molecular weight excluding hydrogens is 279 g/mol. The van der Waals surface area contributed by atoms with E-state index in [0.29, 0.717) is 30.6 Å². The largest absolute Gasteiger partial charge is 0.416 e. The Morgan fingerprint density at radius 3 is 2.52 bits per heavy atom. The Labute approximate surface area is 123 Å². The fourth-order valence-electron chi connectivity index (χ4n) is 2.98. The molecule has 0 amide bonds. The summed E-state index contributed by atoms with van der Waals surface area (Å²) in [5.74, 6) is 0.926. The maximum atomic E-state index is 12.6. The summed E-state index contributed by atoms with van der Waals surface area (Å²) in [5, 5.41) is 0. The van der Waals surface area contributed by atoms with Crippen molar-refractivity contribution in [2.45, 2.75) is 38.5 Å². The molecular formula is C16H22F3NO. The van der Waals surface area contributed by atoms with Gasteiger partial charge in [-0.15, -0.1) is 0 Å². The molecule has 1 fully saturated rings. The standard InChI is InChI=1S/C16H22F3NO/c17-16(18,19)15-7-3-4-12(8-15)10-21-11-14-6-2-1-5-13(14)9-20/h3-4,7-8,13-14H,1-2,5-6,9-11,20H2. The molecule has 0 radical (unpaired) electrons. The van der Waals surface area contributed by atoms with Crippen molar-refractivity contribution in [2.75, 3.05) is 13.2 Å². The van der Waals surface area contributed by atoms with E-state index in [1.807, 2.05) is 0 Å². The first-order valence-corrected chi connectivity index (χ1v) is 7.44. The number of halogens is 3. The van der Waals surface area contributed by atoms with Crippen LogP contribution in [0.25, 0.3) is 0 Å². The Morgan fingerprint density at radius 2 is 1.86 bits per heavy atom. The third kappa shape index (κ3) is 4.71. The number of rotatable bonds is 5. The summed E-state index contributed by atoms with van der Waals surface area (Å²) in [6.45, 7) is 1.47. The summed E-state index contributed by atoms with van der Waals surface area (Å²) in [5.41, 5.74) is 5.70. The van der Waals surface area contributed by atoms with Crippen molar-refractivity contribution < 1.29 is 17.9 Å². The van der Waals surface area contributed by atoms with Crippen LogP contribution in [0.3, 0.4) is 0 Å². The van der Waals surface area contributed by atoms with Crippen LogP contribution in [0.1, 0.15) is 36.8 Å². The highest BCUT2D eigenvalue weighted by molar-refractivity contribution is 5.25. The van der Waals surface area contributed by atoms with E-state index >= 15 is 0 Å². The molecule has 21 heavy (non-hydrogen) atoms. The first-order chi connectivity index (χ1) is 10.0. The lowest BCUT2D eigenvalue weighted by atomic mass is 9.80. The minimum atomic E-state index is -4.30. The van der Waals surface area contributed by atoms with E-state index in [1.165, 1.54) is 18.9 Å². The van der Waals surface area contributed by atoms with E-state index < -0.39 is 11.7 Å². The van der Waals surface area contributed by atoms with Crippen LogP contribution in [-0.2, 0) is 17.5 Å². The van der Waals surface area contributed by atoms with Gasteiger partial charge in [0.25, 0.3) is 0 Å². The Kier molecular flexibility index (Phi) is 5.65. The van der Waals surface area contributed by atoms with Crippen molar-refractivity contribution in [1.82, 2.24) is 0 Å². The van der Waals surface area contributed by atoms with Crippen LogP contribution in [-0.4, -0.2) is 13.2 Å². The third-order valence-corrected chi connectivity index (χ3v) is 4.22. The average Bonchev–Trinajstić information content (AvgIpc) is 2.47. The van der Waals surface area contributed by atoms with Crippen molar-refractivity contribution in [1.29, 1.82) is 0 Å². The Balaban J connectivity index is 1.85. The fraction of sp³-hybridized carbons (Fsp3) is 0.625. The molecule has 0 saturated heterocycles. The molecule has 2 atom stereocenters. The first kappa shape index (κ1) is 16.3. The molecule has 2 unspecified atom stereocenters. The highest BCUT2D eigenvalue weighted by Gasteiger charge is 2.30. The molecule has 2 rings (SSSR count). The second-order valence-electron chi connectivity index (χ2n) is 5.75. The van der Waals surface area contributed by atoms with E-state index in [1.54, 1.807) is 6.07 Å². The Morgan fingerprint density at radius 1 is 1.14 bits per heavy atom. The molecule has 2 N–H and O–H groups in total. The van der Waals surface area contributed by atoms with E-state index in [4.69, 9.17) is 10.5 Å². The van der Waals surface area contributed by atoms with Gasteiger partial charge in [-0.25, -0.2) is 0 Å². The zero-order valence-corrected chi connectivity index (χ0v) is 12.0. The lowest BCUT2D eigenvalue weighted by Crippen LogP contribution is -2.29. The normalized spacial score (nSPS) is 23.2. The lowest BCUT2D eigenvalue weighted by molar-refractivity contribution is -0.137. The van der Waals surface area contributed by atoms with E-state index in [-0.39, 0.29) is 6.61 Å². The molecule has 118 valence electrons. The second-order valence-corrected chi connectivity index (χ2v) is 5.75. The van der Waals surface area contributed by atoms with Gasteiger partial charge >= 0.3 is 6.18 Å². The SMILES string of the molecule is NCC1CCCCC1COCc1cccc(C(F)(F)F)c1. The zero-order chi connectivity index (χ0) is 15.3. The van der Waals surface area contributed by atoms with Crippen molar-refractivity contribution in [3.63, 3.8) is 0 Å². The van der Waals surface area contributed by atoms with Gasteiger partial charge in [-0.3, -0.25) is 0 Å². The molecule has 1 saturated carbocycles. The molecule has 0 bridgehead atoms. The van der Waals surface area contributed by atoms with Gasteiger partial charge in [-0.2, -0.15) is 13.2 Å². The summed E-state index contributed by atoms with van der Waals surface area (Å²) < 4.78 is 43.5. The summed E-state index contributed by atoms with van der Waals surface area (Å²) in [6.07, 6.45) is 0.336. The van der Waals surface area contributed by atoms with Crippen LogP contribution in [0.4, 0.5) is 13.2 Å². The average molecular weight is 301 g/mol. The summed E-state index contributed by atoms with van der Waals surface area (Å²) >= 11 is 0. The molecule has 1 aromatic carbocycles. The van der Waals surface area contributed by atoms with E-state index in [2.05, 4.69) is 0 Å². The van der Waals surface area contributed by atoms with Gasteiger partial charge in [-0.05, 0) is 48.9 Å². The van der Waals surface area contributed by atoms with E-state index in [0.717, 1.165) is 25.0 Å². The molecule has 1 aliphatic carbocycles. The van der Waals surface area contributed by atoms with Crippen LogP contribution < -0.4 is 5.73 Å². The van der Waals surface area contributed by atoms with Crippen molar-refractivity contribution in [3.05, 3.63) is 35.4 Å². The molecule has 0 spiro atoms. The predicted molar refractivity (Wildman–Crippen MR) is 75.6 cm³/mol. The highest BCUT2D eigenvalue weighted by atomic mass is 19.4. The minimum Gasteiger partial charge on any atom is -0.376 e. The Hall–Kier alpha value is -1.07. The molecule has 5 heteroatoms. The predicted octanol–water partition coefficient (Wildman–Crippen LogP) is 3.99. The summed E-state index contributed by atoms with van der Waals surface area (Å²) in [7, 11) is 0. The molecule has 0 heterocycles. The van der Waals surface area contributed by atoms with Gasteiger partial charge < -0.3 is 10.5 Å². The van der Waals surface area contributed by atoms with E-state index in [9.17, 15) is 13.2 Å². The number of hydrogen-bond acceptors (Lipinski definition) is 2. The third-order valence-electron chi connectivity index (χ3n) is 4.22. The summed E-state index contributed by atoms with van der Waals surface area (Å²) in [4.78, 5) is 0. The fourth-order valence-corrected chi connectivity index (χ4v) is 2.98. The quantitative estimate of drug-likeness (QED) is 0.892. The van der Waals surface area contributed by atoms with Gasteiger partial charge in [0.05, 0.1) is 18.8 Å². The number of benzene rings is 1. The topological polar surface area (TPSA) is 35.2 Å². The van der Waals surface area contributed by atoms with Crippen molar-refractivity contribution in [3.8, 4) is 0 Å². The molecule has 0 aliphatic heterocycles. The Bertz CT molecular complexity index is 447. The van der Waals surface area contributed by atoms with Crippen LogP contribution >= 0.6 is 0 Å². The minimum absolute atomic E-state index is 0.220. The van der Waals surface area contributed by atoms with Gasteiger partial charge in [0.15, 0.2) is 0 Å². The maximum absolute atomic E-state index is 12.6. The van der Waals surface area contributed by atoms with Crippen LogP contribution in [0, 0.1) is 11.8 Å². The lowest BCUT2D eigenvalue weighted by Gasteiger charge is -2.30. The van der Waals surface area contributed by atoms with Crippen LogP contribution in [0.15, 0.2) is 24.3 Å². The molecule has 1 aliphatic rings. The van der Waals surface area contributed by atoms with Gasteiger partial charge in [0, 0.05) is 0 Å². The monoisotopic (exact) mass is 301 g/mol. The van der Waals surface area contributed by atoms with Crippen molar-refractivity contribution in [2.24, 2.45) is 17.6 Å². The smallest absolute Gasteiger partial charge is 0.376 e. The van der Waals surface area contributed by atoms with Crippen LogP contribution in [0.5, 0.6) is 0 Å². The summed E-state index contributed by atoms with van der Waals surface area (Å²) in [6, 6.07) is 5.32. The van der Waals surface area contributed by atoms with Gasteiger partial charge in [0.1, 0.15) is 0 Å². The number of alkyl halides is 3. The first-order valence-electron chi connectivity index (χ1n) is 7.44. The second kappa shape index (κ2) is 7.27. The number of hydrogen-bond donors (Lipinski definition) is 1. The van der Waals surface area contributed by atoms with Crippen molar-refractivity contribution >= 4 is 0 Å². The van der Waals surface area contributed by atoms with Gasteiger partial charge in [0.2, 0.25) is 0 Å². The zero-order valence-electron chi connectivity index (χ0n) is 12.0. The molecule has 2 nitrogen and oxygen atoms in total. The van der Waals surface area contributed by atoms with Crippen LogP contribution in [0.2, 0.25) is 0 Å². The highest BCUT2D eigenvalue weighted by Crippen LogP contribution is 2.31. The number of nitrogens with two attached hydrogens (primary N) is 1. The van der Waals surface area contributed by atoms with Gasteiger partial charge in [-0.1, -0.05) is 25.0 Å². The molecule has 1 aromatic rings. The molecule has 0 aromatic heterocycles. The maximum Gasteiger partial charge on any atom is 0.416 e. The number of ether oxygens (including phenoxy) is 1.